The van der Waals surface area contributed by atoms with E-state index in [9.17, 15) is 4.79 Å². The Bertz CT molecular complexity index is 356. The maximum absolute atomic E-state index is 10.7. The standard InChI is InChI=1S/C12H16O3/c1-8(2)10-6-4-5-9(7-11(13)14)12(10)15-3/h4-6,8H,7H2,1-3H3,(H,13,14). The molecule has 0 spiro atoms. The highest BCUT2D eigenvalue weighted by Gasteiger charge is 2.13. The number of hydrogen-bond donors (Lipinski definition) is 1. The van der Waals surface area contributed by atoms with E-state index in [4.69, 9.17) is 9.84 Å². The van der Waals surface area contributed by atoms with Crippen molar-refractivity contribution in [2.24, 2.45) is 0 Å². The van der Waals surface area contributed by atoms with Crippen molar-refractivity contribution in [1.29, 1.82) is 0 Å². The number of carboxylic acid groups (broad SMARTS) is 1. The second-order valence-electron chi connectivity index (χ2n) is 3.76. The molecule has 0 aliphatic rings. The average molecular weight is 208 g/mol. The number of carboxylic acids is 1. The zero-order chi connectivity index (χ0) is 11.4. The van der Waals surface area contributed by atoms with Gasteiger partial charge in [-0.2, -0.15) is 0 Å². The lowest BCUT2D eigenvalue weighted by Gasteiger charge is -2.14. The molecule has 0 unspecified atom stereocenters. The lowest BCUT2D eigenvalue weighted by Crippen LogP contribution is -2.04. The van der Waals surface area contributed by atoms with Crippen molar-refractivity contribution in [3.63, 3.8) is 0 Å². The van der Waals surface area contributed by atoms with Gasteiger partial charge in [-0.3, -0.25) is 4.79 Å². The second kappa shape index (κ2) is 4.82. The third kappa shape index (κ3) is 2.72. The average Bonchev–Trinajstić information content (AvgIpc) is 2.16. The summed E-state index contributed by atoms with van der Waals surface area (Å²) >= 11 is 0. The zero-order valence-corrected chi connectivity index (χ0v) is 9.28. The van der Waals surface area contributed by atoms with E-state index in [1.165, 1.54) is 0 Å². The van der Waals surface area contributed by atoms with Crippen LogP contribution in [0, 0.1) is 0 Å². The number of hydrogen-bond acceptors (Lipinski definition) is 2. The van der Waals surface area contributed by atoms with Gasteiger partial charge in [0.15, 0.2) is 0 Å². The fourth-order valence-electron chi connectivity index (χ4n) is 1.61. The number of rotatable bonds is 4. The van der Waals surface area contributed by atoms with Crippen molar-refractivity contribution >= 4 is 5.97 Å². The van der Waals surface area contributed by atoms with E-state index in [0.717, 1.165) is 11.1 Å². The molecular formula is C12H16O3. The normalized spacial score (nSPS) is 10.4. The van der Waals surface area contributed by atoms with Gasteiger partial charge in [-0.15, -0.1) is 0 Å². The minimum absolute atomic E-state index is 0.00370. The van der Waals surface area contributed by atoms with Crippen LogP contribution in [-0.2, 0) is 11.2 Å². The van der Waals surface area contributed by atoms with Crippen molar-refractivity contribution in [2.75, 3.05) is 7.11 Å². The number of carbonyl (C=O) groups is 1. The molecule has 3 nitrogen and oxygen atoms in total. The monoisotopic (exact) mass is 208 g/mol. The van der Waals surface area contributed by atoms with Gasteiger partial charge in [0.2, 0.25) is 0 Å². The van der Waals surface area contributed by atoms with Gasteiger partial charge < -0.3 is 9.84 Å². The topological polar surface area (TPSA) is 46.5 Å². The Balaban J connectivity index is 3.15. The molecule has 15 heavy (non-hydrogen) atoms. The summed E-state index contributed by atoms with van der Waals surface area (Å²) in [5, 5.41) is 8.76. The van der Waals surface area contributed by atoms with Crippen LogP contribution in [0.25, 0.3) is 0 Å². The summed E-state index contributed by atoms with van der Waals surface area (Å²) in [5.74, 6) is 0.192. The van der Waals surface area contributed by atoms with E-state index in [-0.39, 0.29) is 6.42 Å². The van der Waals surface area contributed by atoms with Gasteiger partial charge in [0.1, 0.15) is 5.75 Å². The van der Waals surface area contributed by atoms with Crippen LogP contribution in [0.1, 0.15) is 30.9 Å². The van der Waals surface area contributed by atoms with Crippen LogP contribution >= 0.6 is 0 Å². The summed E-state index contributed by atoms with van der Waals surface area (Å²) < 4.78 is 5.28. The van der Waals surface area contributed by atoms with E-state index in [0.29, 0.717) is 11.7 Å². The Labute approximate surface area is 89.7 Å². The van der Waals surface area contributed by atoms with Crippen LogP contribution < -0.4 is 4.74 Å². The largest absolute Gasteiger partial charge is 0.496 e. The molecule has 0 fully saturated rings. The third-order valence-electron chi connectivity index (χ3n) is 2.29. The number of para-hydroxylation sites is 1. The Hall–Kier alpha value is -1.51. The van der Waals surface area contributed by atoms with E-state index in [1.54, 1.807) is 13.2 Å². The molecule has 0 saturated carbocycles. The first kappa shape index (κ1) is 11.6. The van der Waals surface area contributed by atoms with Crippen LogP contribution in [0.4, 0.5) is 0 Å². The van der Waals surface area contributed by atoms with Gasteiger partial charge in [-0.25, -0.2) is 0 Å². The number of benzene rings is 1. The van der Waals surface area contributed by atoms with Crippen LogP contribution in [0.3, 0.4) is 0 Å². The quantitative estimate of drug-likeness (QED) is 0.826. The summed E-state index contributed by atoms with van der Waals surface area (Å²) in [5.41, 5.74) is 1.78. The van der Waals surface area contributed by atoms with Gasteiger partial charge in [-0.05, 0) is 11.5 Å². The predicted molar refractivity (Wildman–Crippen MR) is 58.4 cm³/mol. The molecule has 1 aromatic rings. The molecule has 1 N–H and O–H groups in total. The molecule has 0 radical (unpaired) electrons. The maximum Gasteiger partial charge on any atom is 0.307 e. The van der Waals surface area contributed by atoms with Crippen molar-refractivity contribution in [3.8, 4) is 5.75 Å². The smallest absolute Gasteiger partial charge is 0.307 e. The van der Waals surface area contributed by atoms with Crippen molar-refractivity contribution in [3.05, 3.63) is 29.3 Å². The van der Waals surface area contributed by atoms with Crippen molar-refractivity contribution in [2.45, 2.75) is 26.2 Å². The third-order valence-corrected chi connectivity index (χ3v) is 2.29. The first-order valence-electron chi connectivity index (χ1n) is 4.93. The molecule has 0 aromatic heterocycles. The molecule has 3 heteroatoms. The molecule has 0 aliphatic carbocycles. The minimum atomic E-state index is -0.839. The Morgan fingerprint density at radius 2 is 2.13 bits per heavy atom. The summed E-state index contributed by atoms with van der Waals surface area (Å²) in [6.45, 7) is 4.12. The highest BCUT2D eigenvalue weighted by atomic mass is 16.5. The Kier molecular flexibility index (Phi) is 3.72. The van der Waals surface area contributed by atoms with E-state index in [2.05, 4.69) is 13.8 Å². The molecular weight excluding hydrogens is 192 g/mol. The minimum Gasteiger partial charge on any atom is -0.496 e. The number of ether oxygens (including phenoxy) is 1. The molecule has 0 heterocycles. The van der Waals surface area contributed by atoms with Crippen LogP contribution in [0.5, 0.6) is 5.75 Å². The molecule has 0 aliphatic heterocycles. The lowest BCUT2D eigenvalue weighted by atomic mass is 9.98. The van der Waals surface area contributed by atoms with E-state index in [1.807, 2.05) is 12.1 Å². The molecule has 0 amide bonds. The van der Waals surface area contributed by atoms with Crippen LogP contribution in [-0.4, -0.2) is 18.2 Å². The van der Waals surface area contributed by atoms with Gasteiger partial charge in [0, 0.05) is 5.56 Å². The molecule has 0 bridgehead atoms. The van der Waals surface area contributed by atoms with Crippen molar-refractivity contribution in [1.82, 2.24) is 0 Å². The molecule has 1 rings (SSSR count). The lowest BCUT2D eigenvalue weighted by molar-refractivity contribution is -0.136. The second-order valence-corrected chi connectivity index (χ2v) is 3.76. The van der Waals surface area contributed by atoms with Crippen LogP contribution in [0.15, 0.2) is 18.2 Å². The summed E-state index contributed by atoms with van der Waals surface area (Å²) in [6, 6.07) is 5.63. The first-order chi connectivity index (χ1) is 7.06. The molecule has 0 saturated heterocycles. The fraction of sp³-hybridized carbons (Fsp3) is 0.417. The summed E-state index contributed by atoms with van der Waals surface area (Å²) in [4.78, 5) is 10.7. The van der Waals surface area contributed by atoms with E-state index >= 15 is 0 Å². The maximum atomic E-state index is 10.7. The van der Waals surface area contributed by atoms with Gasteiger partial charge in [-0.1, -0.05) is 32.0 Å². The Morgan fingerprint density at radius 1 is 1.47 bits per heavy atom. The highest BCUT2D eigenvalue weighted by molar-refractivity contribution is 5.71. The molecule has 82 valence electrons. The fourth-order valence-corrected chi connectivity index (χ4v) is 1.61. The van der Waals surface area contributed by atoms with E-state index < -0.39 is 5.97 Å². The van der Waals surface area contributed by atoms with Gasteiger partial charge in [0.25, 0.3) is 0 Å². The Morgan fingerprint density at radius 3 is 2.60 bits per heavy atom. The van der Waals surface area contributed by atoms with Gasteiger partial charge >= 0.3 is 5.97 Å². The molecule has 1 aromatic carbocycles. The van der Waals surface area contributed by atoms with Gasteiger partial charge in [0.05, 0.1) is 13.5 Å². The van der Waals surface area contributed by atoms with Crippen molar-refractivity contribution < 1.29 is 14.6 Å². The zero-order valence-electron chi connectivity index (χ0n) is 9.28. The highest BCUT2D eigenvalue weighted by Crippen LogP contribution is 2.30. The van der Waals surface area contributed by atoms with Crippen LogP contribution in [0.2, 0.25) is 0 Å². The molecule has 0 atom stereocenters. The SMILES string of the molecule is COc1c(CC(=O)O)cccc1C(C)C. The summed E-state index contributed by atoms with van der Waals surface area (Å²) in [6.07, 6.45) is 0.00370. The summed E-state index contributed by atoms with van der Waals surface area (Å²) in [7, 11) is 1.58. The first-order valence-corrected chi connectivity index (χ1v) is 4.93. The number of aliphatic carboxylic acids is 1. The predicted octanol–water partition coefficient (Wildman–Crippen LogP) is 2.45. The number of methoxy groups -OCH3 is 1.